The molecule has 0 radical (unpaired) electrons. The van der Waals surface area contributed by atoms with Crippen molar-refractivity contribution in [3.05, 3.63) is 11.3 Å². The van der Waals surface area contributed by atoms with Crippen LogP contribution in [0.3, 0.4) is 0 Å². The molecule has 0 saturated carbocycles. The van der Waals surface area contributed by atoms with Gasteiger partial charge in [0.2, 0.25) is 0 Å². The van der Waals surface area contributed by atoms with Crippen molar-refractivity contribution in [2.45, 2.75) is 52.4 Å². The van der Waals surface area contributed by atoms with Crippen molar-refractivity contribution in [2.24, 2.45) is 5.41 Å². The van der Waals surface area contributed by atoms with E-state index in [-0.39, 0.29) is 29.8 Å². The highest BCUT2D eigenvalue weighted by Crippen LogP contribution is 2.39. The fourth-order valence-electron chi connectivity index (χ4n) is 3.30. The van der Waals surface area contributed by atoms with Crippen molar-refractivity contribution < 1.29 is 19.1 Å². The van der Waals surface area contributed by atoms with Gasteiger partial charge in [0.15, 0.2) is 11.6 Å². The van der Waals surface area contributed by atoms with Crippen molar-refractivity contribution in [1.29, 1.82) is 0 Å². The average molecular weight is 307 g/mol. The summed E-state index contributed by atoms with van der Waals surface area (Å²) in [7, 11) is 1.30. The SMILES string of the molecule is COC(=O)CCC(=O)C1=C(N2CCCC2)CC(C)(C)CC1=O. The Morgan fingerprint density at radius 3 is 2.36 bits per heavy atom. The van der Waals surface area contributed by atoms with Crippen molar-refractivity contribution >= 4 is 17.5 Å². The van der Waals surface area contributed by atoms with Gasteiger partial charge in [0.1, 0.15) is 0 Å². The van der Waals surface area contributed by atoms with Gasteiger partial charge in [-0.05, 0) is 24.7 Å². The number of nitrogens with zero attached hydrogens (tertiary/aromatic N) is 1. The van der Waals surface area contributed by atoms with Crippen molar-refractivity contribution in [1.82, 2.24) is 4.90 Å². The lowest BCUT2D eigenvalue weighted by atomic mass is 9.74. The van der Waals surface area contributed by atoms with E-state index >= 15 is 0 Å². The van der Waals surface area contributed by atoms with Gasteiger partial charge in [-0.1, -0.05) is 13.8 Å². The number of methoxy groups -OCH3 is 1. The number of hydrogen-bond donors (Lipinski definition) is 0. The lowest BCUT2D eigenvalue weighted by Crippen LogP contribution is -2.35. The summed E-state index contributed by atoms with van der Waals surface area (Å²) >= 11 is 0. The number of ether oxygens (including phenoxy) is 1. The molecule has 5 nitrogen and oxygen atoms in total. The number of esters is 1. The Morgan fingerprint density at radius 2 is 1.77 bits per heavy atom. The Labute approximate surface area is 131 Å². The minimum Gasteiger partial charge on any atom is -0.469 e. The quantitative estimate of drug-likeness (QED) is 0.576. The van der Waals surface area contributed by atoms with Crippen LogP contribution in [0.25, 0.3) is 0 Å². The molecule has 0 aromatic rings. The fourth-order valence-corrected chi connectivity index (χ4v) is 3.30. The maximum Gasteiger partial charge on any atom is 0.305 e. The number of carbonyl (C=O) groups excluding carboxylic acids is 3. The molecule has 2 rings (SSSR count). The highest BCUT2D eigenvalue weighted by molar-refractivity contribution is 6.21. The monoisotopic (exact) mass is 307 g/mol. The standard InChI is InChI=1S/C17H25NO4/c1-17(2)10-12(18-8-4-5-9-18)16(14(20)11-17)13(19)6-7-15(21)22-3/h4-11H2,1-3H3. The number of carbonyl (C=O) groups is 3. The topological polar surface area (TPSA) is 63.7 Å². The maximum absolute atomic E-state index is 12.5. The van der Waals surface area contributed by atoms with Gasteiger partial charge in [-0.25, -0.2) is 0 Å². The summed E-state index contributed by atoms with van der Waals surface area (Å²) in [4.78, 5) is 38.4. The predicted octanol–water partition coefficient (Wildman–Crippen LogP) is 2.25. The third-order valence-electron chi connectivity index (χ3n) is 4.40. The Hall–Kier alpha value is -1.65. The first-order valence-corrected chi connectivity index (χ1v) is 7.95. The first kappa shape index (κ1) is 16.7. The van der Waals surface area contributed by atoms with Crippen molar-refractivity contribution in [2.75, 3.05) is 20.2 Å². The third-order valence-corrected chi connectivity index (χ3v) is 4.40. The molecule has 1 aliphatic heterocycles. The molecular weight excluding hydrogens is 282 g/mol. The molecule has 0 unspecified atom stereocenters. The van der Waals surface area contributed by atoms with Crippen molar-refractivity contribution in [3.63, 3.8) is 0 Å². The van der Waals surface area contributed by atoms with Crippen LogP contribution in [0.5, 0.6) is 0 Å². The Balaban J connectivity index is 2.25. The van der Waals surface area contributed by atoms with E-state index in [1.54, 1.807) is 0 Å². The first-order chi connectivity index (χ1) is 10.3. The summed E-state index contributed by atoms with van der Waals surface area (Å²) in [5.74, 6) is -0.707. The Kier molecular flexibility index (Phi) is 5.04. The zero-order valence-electron chi connectivity index (χ0n) is 13.7. The highest BCUT2D eigenvalue weighted by atomic mass is 16.5. The molecule has 0 spiro atoms. The lowest BCUT2D eigenvalue weighted by Gasteiger charge is -2.36. The molecule has 1 fully saturated rings. The first-order valence-electron chi connectivity index (χ1n) is 7.95. The van der Waals surface area contributed by atoms with E-state index in [2.05, 4.69) is 23.5 Å². The van der Waals surface area contributed by atoms with E-state index in [0.29, 0.717) is 12.0 Å². The summed E-state index contributed by atoms with van der Waals surface area (Å²) < 4.78 is 4.57. The average Bonchev–Trinajstić information content (AvgIpc) is 2.96. The molecule has 0 aromatic heterocycles. The number of likely N-dealkylation sites (tertiary alicyclic amines) is 1. The van der Waals surface area contributed by atoms with Crippen LogP contribution in [0.1, 0.15) is 52.4 Å². The third kappa shape index (κ3) is 3.76. The Bertz CT molecular complexity index is 513. The minimum atomic E-state index is -0.416. The maximum atomic E-state index is 12.5. The van der Waals surface area contributed by atoms with Crippen LogP contribution in [0.4, 0.5) is 0 Å². The Morgan fingerprint density at radius 1 is 1.14 bits per heavy atom. The normalized spacial score (nSPS) is 21.2. The highest BCUT2D eigenvalue weighted by Gasteiger charge is 2.38. The molecule has 1 heterocycles. The van der Waals surface area contributed by atoms with Gasteiger partial charge >= 0.3 is 5.97 Å². The van der Waals surface area contributed by atoms with Crippen LogP contribution >= 0.6 is 0 Å². The largest absolute Gasteiger partial charge is 0.469 e. The van der Waals surface area contributed by atoms with Crippen molar-refractivity contribution in [3.8, 4) is 0 Å². The smallest absolute Gasteiger partial charge is 0.305 e. The molecule has 0 N–H and O–H groups in total. The summed E-state index contributed by atoms with van der Waals surface area (Å²) in [6.45, 7) is 5.95. The lowest BCUT2D eigenvalue weighted by molar-refractivity contribution is -0.142. The van der Waals surface area contributed by atoms with E-state index in [0.717, 1.165) is 38.0 Å². The van der Waals surface area contributed by atoms with Crippen LogP contribution in [-0.4, -0.2) is 42.6 Å². The van der Waals surface area contributed by atoms with Gasteiger partial charge in [0.25, 0.3) is 0 Å². The number of Topliss-reactive ketones (excluding diaryl/α,β-unsaturated/α-hetero) is 2. The number of allylic oxidation sites excluding steroid dienone is 2. The molecule has 1 aliphatic carbocycles. The van der Waals surface area contributed by atoms with Gasteiger partial charge in [-0.2, -0.15) is 0 Å². The van der Waals surface area contributed by atoms with Gasteiger partial charge in [0.05, 0.1) is 19.1 Å². The molecule has 0 bridgehead atoms. The molecule has 0 amide bonds. The molecule has 0 aromatic carbocycles. The van der Waals surface area contributed by atoms with E-state index in [9.17, 15) is 14.4 Å². The molecule has 5 heteroatoms. The van der Waals surface area contributed by atoms with Crippen LogP contribution in [-0.2, 0) is 19.1 Å². The van der Waals surface area contributed by atoms with E-state index < -0.39 is 5.97 Å². The zero-order chi connectivity index (χ0) is 16.3. The van der Waals surface area contributed by atoms with Gasteiger partial charge in [-0.15, -0.1) is 0 Å². The summed E-state index contributed by atoms with van der Waals surface area (Å²) in [6, 6.07) is 0. The fraction of sp³-hybridized carbons (Fsp3) is 0.706. The molecule has 1 saturated heterocycles. The summed E-state index contributed by atoms with van der Waals surface area (Å²) in [6.07, 6.45) is 3.42. The van der Waals surface area contributed by atoms with Crippen LogP contribution < -0.4 is 0 Å². The molecule has 0 atom stereocenters. The second-order valence-corrected chi connectivity index (χ2v) is 6.96. The van der Waals surface area contributed by atoms with Gasteiger partial charge < -0.3 is 9.64 Å². The minimum absolute atomic E-state index is 0.0305. The summed E-state index contributed by atoms with van der Waals surface area (Å²) in [5.41, 5.74) is 1.12. The molecule has 22 heavy (non-hydrogen) atoms. The van der Waals surface area contributed by atoms with E-state index in [1.807, 2.05) is 0 Å². The van der Waals surface area contributed by atoms with Crippen LogP contribution in [0.2, 0.25) is 0 Å². The van der Waals surface area contributed by atoms with E-state index in [1.165, 1.54) is 7.11 Å². The van der Waals surface area contributed by atoms with Gasteiger partial charge in [0, 0.05) is 31.6 Å². The summed E-state index contributed by atoms with van der Waals surface area (Å²) in [5, 5.41) is 0. The zero-order valence-corrected chi connectivity index (χ0v) is 13.7. The van der Waals surface area contributed by atoms with Gasteiger partial charge in [-0.3, -0.25) is 14.4 Å². The number of rotatable bonds is 5. The second kappa shape index (κ2) is 6.63. The number of ketones is 2. The molecule has 122 valence electrons. The predicted molar refractivity (Wildman–Crippen MR) is 82.1 cm³/mol. The number of hydrogen-bond acceptors (Lipinski definition) is 5. The van der Waals surface area contributed by atoms with Crippen LogP contribution in [0, 0.1) is 5.41 Å². The molecule has 2 aliphatic rings. The van der Waals surface area contributed by atoms with Crippen LogP contribution in [0.15, 0.2) is 11.3 Å². The molecular formula is C17H25NO4. The van der Waals surface area contributed by atoms with E-state index in [4.69, 9.17) is 0 Å². The second-order valence-electron chi connectivity index (χ2n) is 6.96.